The number of halogens is 1. The topological polar surface area (TPSA) is 51.7 Å². The molecular weight excluding hydrogens is 311 g/mol. The van der Waals surface area contributed by atoms with E-state index >= 15 is 0 Å². The Kier molecular flexibility index (Phi) is 5.05. The SMILES string of the molecule is CCOC(=O)c1cccnc1N1CCO[C@H](c2ccc(F)cc2)C1. The molecule has 2 aromatic rings. The minimum absolute atomic E-state index is 0.198. The molecule has 1 aromatic carbocycles. The first-order valence-electron chi connectivity index (χ1n) is 7.93. The van der Waals surface area contributed by atoms with Crippen LogP contribution in [-0.2, 0) is 9.47 Å². The third kappa shape index (κ3) is 3.54. The van der Waals surface area contributed by atoms with Crippen LogP contribution in [0.2, 0.25) is 0 Å². The quantitative estimate of drug-likeness (QED) is 0.807. The molecule has 0 saturated carbocycles. The minimum Gasteiger partial charge on any atom is -0.462 e. The highest BCUT2D eigenvalue weighted by atomic mass is 19.1. The van der Waals surface area contributed by atoms with Crippen LogP contribution in [0.3, 0.4) is 0 Å². The van der Waals surface area contributed by atoms with Crippen LogP contribution in [0.15, 0.2) is 42.6 Å². The van der Waals surface area contributed by atoms with E-state index in [-0.39, 0.29) is 17.9 Å². The summed E-state index contributed by atoms with van der Waals surface area (Å²) in [7, 11) is 0. The Morgan fingerprint density at radius 3 is 2.92 bits per heavy atom. The van der Waals surface area contributed by atoms with Crippen molar-refractivity contribution in [3.63, 3.8) is 0 Å². The molecule has 0 unspecified atom stereocenters. The Balaban J connectivity index is 1.82. The average molecular weight is 330 g/mol. The highest BCUT2D eigenvalue weighted by Crippen LogP contribution is 2.27. The van der Waals surface area contributed by atoms with E-state index in [9.17, 15) is 9.18 Å². The van der Waals surface area contributed by atoms with Crippen LogP contribution in [-0.4, -0.2) is 37.3 Å². The maximum atomic E-state index is 13.1. The van der Waals surface area contributed by atoms with Gasteiger partial charge in [0, 0.05) is 19.3 Å². The molecular formula is C18H19FN2O3. The van der Waals surface area contributed by atoms with Crippen molar-refractivity contribution in [3.05, 3.63) is 59.5 Å². The van der Waals surface area contributed by atoms with Crippen LogP contribution in [0.1, 0.15) is 28.9 Å². The second kappa shape index (κ2) is 7.40. The number of aromatic nitrogens is 1. The molecule has 1 atom stereocenters. The molecule has 5 nitrogen and oxygen atoms in total. The fourth-order valence-corrected chi connectivity index (χ4v) is 2.74. The van der Waals surface area contributed by atoms with Crippen molar-refractivity contribution in [2.75, 3.05) is 31.2 Å². The summed E-state index contributed by atoms with van der Waals surface area (Å²) >= 11 is 0. The summed E-state index contributed by atoms with van der Waals surface area (Å²) in [5.74, 6) is -0.0717. The third-order valence-electron chi connectivity index (χ3n) is 3.89. The highest BCUT2D eigenvalue weighted by Gasteiger charge is 2.26. The zero-order valence-electron chi connectivity index (χ0n) is 13.4. The largest absolute Gasteiger partial charge is 0.462 e. The monoisotopic (exact) mass is 330 g/mol. The number of hydrogen-bond donors (Lipinski definition) is 0. The number of anilines is 1. The maximum Gasteiger partial charge on any atom is 0.341 e. The number of rotatable bonds is 4. The van der Waals surface area contributed by atoms with Gasteiger partial charge in [0.25, 0.3) is 0 Å². The zero-order chi connectivity index (χ0) is 16.9. The predicted octanol–water partition coefficient (Wildman–Crippen LogP) is 2.98. The molecule has 1 aliphatic heterocycles. The number of carbonyl (C=O) groups excluding carboxylic acids is 1. The molecule has 0 N–H and O–H groups in total. The lowest BCUT2D eigenvalue weighted by atomic mass is 10.1. The molecule has 3 rings (SSSR count). The number of carbonyl (C=O) groups is 1. The van der Waals surface area contributed by atoms with Gasteiger partial charge in [0.05, 0.1) is 13.2 Å². The number of benzene rings is 1. The summed E-state index contributed by atoms with van der Waals surface area (Å²) < 4.78 is 24.0. The van der Waals surface area contributed by atoms with Gasteiger partial charge in [-0.2, -0.15) is 0 Å². The van der Waals surface area contributed by atoms with Gasteiger partial charge in [-0.05, 0) is 36.8 Å². The number of pyridine rings is 1. The van der Waals surface area contributed by atoms with E-state index in [1.54, 1.807) is 37.4 Å². The molecule has 126 valence electrons. The van der Waals surface area contributed by atoms with Gasteiger partial charge in [-0.3, -0.25) is 0 Å². The van der Waals surface area contributed by atoms with Crippen LogP contribution in [0, 0.1) is 5.82 Å². The normalized spacial score (nSPS) is 17.6. The third-order valence-corrected chi connectivity index (χ3v) is 3.89. The molecule has 0 bridgehead atoms. The van der Waals surface area contributed by atoms with Crippen molar-refractivity contribution in [2.45, 2.75) is 13.0 Å². The maximum absolute atomic E-state index is 13.1. The Labute approximate surface area is 140 Å². The smallest absolute Gasteiger partial charge is 0.341 e. The molecule has 2 heterocycles. The number of nitrogens with zero attached hydrogens (tertiary/aromatic N) is 2. The summed E-state index contributed by atoms with van der Waals surface area (Å²) in [5, 5.41) is 0. The fraction of sp³-hybridized carbons (Fsp3) is 0.333. The molecule has 0 spiro atoms. The molecule has 1 saturated heterocycles. The lowest BCUT2D eigenvalue weighted by Crippen LogP contribution is -2.39. The van der Waals surface area contributed by atoms with Crippen molar-refractivity contribution < 1.29 is 18.7 Å². The summed E-state index contributed by atoms with van der Waals surface area (Å²) in [6.45, 7) is 3.75. The molecule has 1 aliphatic rings. The number of hydrogen-bond acceptors (Lipinski definition) is 5. The van der Waals surface area contributed by atoms with E-state index in [1.165, 1.54) is 12.1 Å². The first-order chi connectivity index (χ1) is 11.7. The second-order valence-corrected chi connectivity index (χ2v) is 5.45. The lowest BCUT2D eigenvalue weighted by molar-refractivity contribution is 0.0389. The molecule has 0 radical (unpaired) electrons. The molecule has 6 heteroatoms. The molecule has 1 fully saturated rings. The van der Waals surface area contributed by atoms with E-state index < -0.39 is 0 Å². The molecule has 1 aromatic heterocycles. The Bertz CT molecular complexity index is 706. The Morgan fingerprint density at radius 1 is 1.38 bits per heavy atom. The van der Waals surface area contributed by atoms with E-state index in [0.717, 1.165) is 5.56 Å². The molecule has 0 amide bonds. The van der Waals surface area contributed by atoms with Gasteiger partial charge < -0.3 is 14.4 Å². The lowest BCUT2D eigenvalue weighted by Gasteiger charge is -2.34. The van der Waals surface area contributed by atoms with Gasteiger partial charge in [0.2, 0.25) is 0 Å². The van der Waals surface area contributed by atoms with Gasteiger partial charge in [-0.25, -0.2) is 14.2 Å². The molecule has 0 aliphatic carbocycles. The van der Waals surface area contributed by atoms with Crippen LogP contribution in [0.5, 0.6) is 0 Å². The number of morpholine rings is 1. The summed E-state index contributed by atoms with van der Waals surface area (Å²) in [4.78, 5) is 18.5. The summed E-state index contributed by atoms with van der Waals surface area (Å²) in [5.41, 5.74) is 1.34. The van der Waals surface area contributed by atoms with Crippen LogP contribution in [0.25, 0.3) is 0 Å². The van der Waals surface area contributed by atoms with Gasteiger partial charge in [-0.15, -0.1) is 0 Å². The predicted molar refractivity (Wildman–Crippen MR) is 87.5 cm³/mol. The van der Waals surface area contributed by atoms with Crippen molar-refractivity contribution in [3.8, 4) is 0 Å². The van der Waals surface area contributed by atoms with Crippen molar-refractivity contribution >= 4 is 11.8 Å². The fourth-order valence-electron chi connectivity index (χ4n) is 2.74. The molecule has 24 heavy (non-hydrogen) atoms. The number of ether oxygens (including phenoxy) is 2. The minimum atomic E-state index is -0.384. The average Bonchev–Trinajstić information content (AvgIpc) is 2.63. The van der Waals surface area contributed by atoms with Crippen LogP contribution in [0.4, 0.5) is 10.2 Å². The van der Waals surface area contributed by atoms with Crippen LogP contribution >= 0.6 is 0 Å². The van der Waals surface area contributed by atoms with Gasteiger partial charge in [-0.1, -0.05) is 12.1 Å². The van der Waals surface area contributed by atoms with Crippen molar-refractivity contribution in [1.82, 2.24) is 4.98 Å². The summed E-state index contributed by atoms with van der Waals surface area (Å²) in [6.07, 6.45) is 1.46. The van der Waals surface area contributed by atoms with E-state index in [2.05, 4.69) is 4.98 Å². The highest BCUT2D eigenvalue weighted by molar-refractivity contribution is 5.94. The van der Waals surface area contributed by atoms with Gasteiger partial charge in [0.1, 0.15) is 23.3 Å². The van der Waals surface area contributed by atoms with Crippen molar-refractivity contribution in [1.29, 1.82) is 0 Å². The van der Waals surface area contributed by atoms with Gasteiger partial charge >= 0.3 is 5.97 Å². The Morgan fingerprint density at radius 2 is 2.17 bits per heavy atom. The summed E-state index contributed by atoms with van der Waals surface area (Å²) in [6, 6.07) is 9.70. The van der Waals surface area contributed by atoms with Gasteiger partial charge in [0.15, 0.2) is 0 Å². The second-order valence-electron chi connectivity index (χ2n) is 5.45. The standard InChI is InChI=1S/C18H19FN2O3/c1-2-23-18(22)15-4-3-9-20-17(15)21-10-11-24-16(12-21)13-5-7-14(19)8-6-13/h3-9,16H,2,10-12H2,1H3/t16-/m0/s1. The number of esters is 1. The first kappa shape index (κ1) is 16.4. The first-order valence-corrected chi connectivity index (χ1v) is 7.93. The van der Waals surface area contributed by atoms with E-state index in [1.807, 2.05) is 4.90 Å². The van der Waals surface area contributed by atoms with E-state index in [0.29, 0.717) is 37.7 Å². The van der Waals surface area contributed by atoms with E-state index in [4.69, 9.17) is 9.47 Å². The van der Waals surface area contributed by atoms with Crippen molar-refractivity contribution in [2.24, 2.45) is 0 Å². The Hall–Kier alpha value is -2.47. The zero-order valence-corrected chi connectivity index (χ0v) is 13.4. The van der Waals surface area contributed by atoms with Crippen LogP contribution < -0.4 is 4.90 Å².